The summed E-state index contributed by atoms with van der Waals surface area (Å²) in [6, 6.07) is 10.1. The van der Waals surface area contributed by atoms with Gasteiger partial charge in [-0.05, 0) is 72.7 Å². The van der Waals surface area contributed by atoms with Gasteiger partial charge in [-0.1, -0.05) is 20.8 Å². The lowest BCUT2D eigenvalue weighted by Crippen LogP contribution is -2.24. The van der Waals surface area contributed by atoms with Crippen LogP contribution >= 0.6 is 45.3 Å². The molecular formula is C24H22S4. The maximum Gasteiger partial charge on any atom is 0.0759 e. The van der Waals surface area contributed by atoms with Crippen LogP contribution in [0.15, 0.2) is 24.3 Å². The second kappa shape index (κ2) is 5.91. The minimum atomic E-state index is -0.0577. The number of thiophene rings is 4. The van der Waals surface area contributed by atoms with E-state index in [-0.39, 0.29) is 5.41 Å². The Balaban J connectivity index is 1.79. The van der Waals surface area contributed by atoms with Crippen LogP contribution in [0.2, 0.25) is 0 Å². The third-order valence-corrected chi connectivity index (χ3v) is 11.5. The van der Waals surface area contributed by atoms with Gasteiger partial charge in [-0.3, -0.25) is 0 Å². The Labute approximate surface area is 182 Å². The first-order valence-electron chi connectivity index (χ1n) is 10.1. The summed E-state index contributed by atoms with van der Waals surface area (Å²) in [5, 5.41) is 0. The van der Waals surface area contributed by atoms with Crippen LogP contribution in [-0.2, 0) is 24.7 Å². The lowest BCUT2D eigenvalue weighted by molar-refractivity contribution is 0.797. The van der Waals surface area contributed by atoms with Crippen molar-refractivity contribution in [1.82, 2.24) is 0 Å². The molecule has 0 aliphatic heterocycles. The smallest absolute Gasteiger partial charge is 0.0759 e. The van der Waals surface area contributed by atoms with Gasteiger partial charge in [-0.15, -0.1) is 45.3 Å². The Morgan fingerprint density at radius 3 is 1.32 bits per heavy atom. The van der Waals surface area contributed by atoms with Gasteiger partial charge in [0.2, 0.25) is 0 Å². The normalized spacial score (nSPS) is 15.1. The number of aryl methyl sites for hydroxylation is 4. The van der Waals surface area contributed by atoms with E-state index in [1.807, 2.05) is 45.3 Å². The van der Waals surface area contributed by atoms with Crippen LogP contribution in [0.25, 0.3) is 19.5 Å². The first kappa shape index (κ1) is 17.6. The number of fused-ring (bicyclic) bond motifs is 10. The molecule has 0 aromatic carbocycles. The summed E-state index contributed by atoms with van der Waals surface area (Å²) in [6.45, 7) is 9.15. The maximum absolute atomic E-state index is 2.54. The summed E-state index contributed by atoms with van der Waals surface area (Å²) in [7, 11) is 0. The van der Waals surface area contributed by atoms with E-state index < -0.39 is 0 Å². The molecule has 0 N–H and O–H groups in total. The molecule has 28 heavy (non-hydrogen) atoms. The molecule has 0 bridgehead atoms. The minimum absolute atomic E-state index is 0.0577. The Morgan fingerprint density at radius 1 is 0.571 bits per heavy atom. The van der Waals surface area contributed by atoms with Crippen LogP contribution in [0.1, 0.15) is 62.5 Å². The van der Waals surface area contributed by atoms with E-state index in [0.29, 0.717) is 0 Å². The van der Waals surface area contributed by atoms with Gasteiger partial charge in [0.1, 0.15) is 0 Å². The third kappa shape index (κ3) is 1.95. The van der Waals surface area contributed by atoms with Gasteiger partial charge in [-0.25, -0.2) is 0 Å². The molecule has 0 saturated heterocycles. The number of hydrogen-bond acceptors (Lipinski definition) is 4. The highest BCUT2D eigenvalue weighted by atomic mass is 32.1. The van der Waals surface area contributed by atoms with E-state index in [9.17, 15) is 0 Å². The molecule has 4 heterocycles. The second-order valence-electron chi connectivity index (χ2n) is 7.78. The van der Waals surface area contributed by atoms with Crippen LogP contribution in [0.3, 0.4) is 0 Å². The highest BCUT2D eigenvalue weighted by molar-refractivity contribution is 7.23. The maximum atomic E-state index is 2.54. The topological polar surface area (TPSA) is 0 Å². The fourth-order valence-corrected chi connectivity index (χ4v) is 9.87. The molecule has 0 nitrogen and oxygen atoms in total. The SMILES string of the molecule is CCc1cc2c(s1)-c1sc(C)cc1C21c2cc(CC)sc2-c2sc(CC)cc21. The van der Waals surface area contributed by atoms with E-state index in [1.54, 1.807) is 32.0 Å². The molecular weight excluding hydrogens is 417 g/mol. The summed E-state index contributed by atoms with van der Waals surface area (Å²) >= 11 is 8.10. The average molecular weight is 439 g/mol. The van der Waals surface area contributed by atoms with Crippen LogP contribution in [-0.4, -0.2) is 0 Å². The van der Waals surface area contributed by atoms with Gasteiger partial charge in [0.15, 0.2) is 0 Å². The van der Waals surface area contributed by atoms with Gasteiger partial charge in [-0.2, -0.15) is 0 Å². The minimum Gasteiger partial charge on any atom is -0.139 e. The van der Waals surface area contributed by atoms with Crippen molar-refractivity contribution in [3.05, 3.63) is 66.0 Å². The summed E-state index contributed by atoms with van der Waals surface area (Å²) in [6.07, 6.45) is 3.38. The highest BCUT2D eigenvalue weighted by Crippen LogP contribution is 2.68. The Morgan fingerprint density at radius 2 is 0.929 bits per heavy atom. The molecule has 0 saturated carbocycles. The van der Waals surface area contributed by atoms with E-state index >= 15 is 0 Å². The van der Waals surface area contributed by atoms with Crippen molar-refractivity contribution >= 4 is 45.3 Å². The van der Waals surface area contributed by atoms with Crippen molar-refractivity contribution in [2.45, 2.75) is 52.4 Å². The molecule has 2 aliphatic carbocycles. The van der Waals surface area contributed by atoms with Crippen molar-refractivity contribution in [2.75, 3.05) is 0 Å². The molecule has 0 unspecified atom stereocenters. The zero-order valence-corrected chi connectivity index (χ0v) is 19.8. The largest absolute Gasteiger partial charge is 0.139 e. The fraction of sp³-hybridized carbons (Fsp3) is 0.333. The molecule has 4 aromatic rings. The predicted octanol–water partition coefficient (Wildman–Crippen LogP) is 8.27. The van der Waals surface area contributed by atoms with Crippen LogP contribution in [0.4, 0.5) is 0 Å². The van der Waals surface area contributed by atoms with Crippen LogP contribution in [0, 0.1) is 6.92 Å². The molecule has 0 radical (unpaired) electrons. The average Bonchev–Trinajstić information content (AvgIpc) is 3.48. The first-order valence-corrected chi connectivity index (χ1v) is 13.4. The van der Waals surface area contributed by atoms with Gasteiger partial charge < -0.3 is 0 Å². The lowest BCUT2D eigenvalue weighted by Gasteiger charge is -2.27. The van der Waals surface area contributed by atoms with Crippen molar-refractivity contribution in [3.63, 3.8) is 0 Å². The molecule has 0 fully saturated rings. The quantitative estimate of drug-likeness (QED) is 0.261. The predicted molar refractivity (Wildman–Crippen MR) is 127 cm³/mol. The van der Waals surface area contributed by atoms with E-state index in [1.165, 1.54) is 29.3 Å². The molecule has 6 rings (SSSR count). The first-order chi connectivity index (χ1) is 13.6. The third-order valence-electron chi connectivity index (χ3n) is 6.28. The lowest BCUT2D eigenvalue weighted by atomic mass is 9.72. The number of hydrogen-bond donors (Lipinski definition) is 0. The van der Waals surface area contributed by atoms with Gasteiger partial charge in [0.25, 0.3) is 0 Å². The molecule has 4 aromatic heterocycles. The van der Waals surface area contributed by atoms with E-state index in [4.69, 9.17) is 0 Å². The van der Waals surface area contributed by atoms with Crippen molar-refractivity contribution in [1.29, 1.82) is 0 Å². The summed E-state index contributed by atoms with van der Waals surface area (Å²) in [4.78, 5) is 12.2. The van der Waals surface area contributed by atoms with Crippen LogP contribution < -0.4 is 0 Å². The number of rotatable bonds is 3. The summed E-state index contributed by atoms with van der Waals surface area (Å²) < 4.78 is 0. The van der Waals surface area contributed by atoms with Crippen molar-refractivity contribution < 1.29 is 0 Å². The standard InChI is InChI=1S/C24H22S4/c1-5-13-9-17-21(26-13)20-16(8-12(4)25-20)24(17)18-10-14(6-2)27-22(18)23-19(24)11-15(7-3)28-23/h8-11H,5-7H2,1-4H3. The molecule has 4 heteroatoms. The Kier molecular flexibility index (Phi) is 3.73. The molecule has 0 atom stereocenters. The Hall–Kier alpha value is -1.20. The van der Waals surface area contributed by atoms with Gasteiger partial charge in [0, 0.05) is 39.0 Å². The van der Waals surface area contributed by atoms with Crippen molar-refractivity contribution in [2.24, 2.45) is 0 Å². The van der Waals surface area contributed by atoms with Gasteiger partial charge in [0.05, 0.1) is 5.41 Å². The summed E-state index contributed by atoms with van der Waals surface area (Å²) in [5.41, 5.74) is 6.20. The molecule has 1 spiro atoms. The van der Waals surface area contributed by atoms with Gasteiger partial charge >= 0.3 is 0 Å². The molecule has 2 aliphatic rings. The van der Waals surface area contributed by atoms with Crippen LogP contribution in [0.5, 0.6) is 0 Å². The molecule has 142 valence electrons. The van der Waals surface area contributed by atoms with E-state index in [0.717, 1.165) is 19.3 Å². The highest BCUT2D eigenvalue weighted by Gasteiger charge is 2.55. The van der Waals surface area contributed by atoms with Crippen molar-refractivity contribution in [3.8, 4) is 19.5 Å². The second-order valence-corrected chi connectivity index (χ2v) is 12.4. The monoisotopic (exact) mass is 438 g/mol. The summed E-state index contributed by atoms with van der Waals surface area (Å²) in [5.74, 6) is 0. The van der Waals surface area contributed by atoms with E-state index in [2.05, 4.69) is 52.0 Å². The zero-order valence-electron chi connectivity index (χ0n) is 16.6. The Bertz CT molecular complexity index is 1190. The molecule has 0 amide bonds. The zero-order chi connectivity index (χ0) is 19.2. The fourth-order valence-electron chi connectivity index (χ4n) is 5.02.